The number of rotatable bonds is 6. The van der Waals surface area contributed by atoms with E-state index in [2.05, 4.69) is 20.5 Å². The number of thiophene rings is 1. The minimum Gasteiger partial charge on any atom is -0.351 e. The highest BCUT2D eigenvalue weighted by molar-refractivity contribution is 8.15. The molecule has 7 nitrogen and oxygen atoms in total. The SMILES string of the molecule is O=C(C[C@@H]1SC(N2CCCCC2)=NC1=O)Nc1ccc(C(=O)NCc2cccs2)cc1. The summed E-state index contributed by atoms with van der Waals surface area (Å²) in [7, 11) is 0. The molecule has 1 atom stereocenters. The second-order valence-corrected chi connectivity index (χ2v) is 9.68. The lowest BCUT2D eigenvalue weighted by molar-refractivity contribution is -0.121. The van der Waals surface area contributed by atoms with Gasteiger partial charge in [0.05, 0.1) is 6.54 Å². The van der Waals surface area contributed by atoms with Crippen molar-refractivity contribution in [3.8, 4) is 0 Å². The Balaban J connectivity index is 1.25. The van der Waals surface area contributed by atoms with Gasteiger partial charge in [-0.2, -0.15) is 4.99 Å². The monoisotopic (exact) mass is 456 g/mol. The smallest absolute Gasteiger partial charge is 0.262 e. The van der Waals surface area contributed by atoms with Crippen LogP contribution < -0.4 is 10.6 Å². The van der Waals surface area contributed by atoms with Crippen LogP contribution in [0.5, 0.6) is 0 Å². The van der Waals surface area contributed by atoms with Crippen LogP contribution >= 0.6 is 23.1 Å². The molecule has 0 aliphatic carbocycles. The van der Waals surface area contributed by atoms with Crippen LogP contribution in [0.25, 0.3) is 0 Å². The molecule has 2 aliphatic heterocycles. The van der Waals surface area contributed by atoms with Gasteiger partial charge >= 0.3 is 0 Å². The molecule has 2 aliphatic rings. The van der Waals surface area contributed by atoms with E-state index in [-0.39, 0.29) is 24.1 Å². The third kappa shape index (κ3) is 5.74. The summed E-state index contributed by atoms with van der Waals surface area (Å²) in [6.45, 7) is 2.33. The number of aliphatic imine (C=N–C) groups is 1. The van der Waals surface area contributed by atoms with Gasteiger partial charge in [-0.15, -0.1) is 11.3 Å². The van der Waals surface area contributed by atoms with Crippen LogP contribution in [0.1, 0.15) is 40.9 Å². The highest BCUT2D eigenvalue weighted by atomic mass is 32.2. The zero-order chi connectivity index (χ0) is 21.6. The molecule has 0 radical (unpaired) electrons. The Kier molecular flexibility index (Phi) is 7.03. The van der Waals surface area contributed by atoms with Crippen LogP contribution in [0.3, 0.4) is 0 Å². The third-order valence-electron chi connectivity index (χ3n) is 5.16. The molecule has 3 heterocycles. The van der Waals surface area contributed by atoms with Crippen LogP contribution in [0, 0.1) is 0 Å². The van der Waals surface area contributed by atoms with E-state index in [9.17, 15) is 14.4 Å². The fraction of sp³-hybridized carbons (Fsp3) is 0.364. The van der Waals surface area contributed by atoms with E-state index < -0.39 is 5.25 Å². The minimum atomic E-state index is -0.473. The summed E-state index contributed by atoms with van der Waals surface area (Å²) in [6, 6.07) is 10.6. The average molecular weight is 457 g/mol. The average Bonchev–Trinajstić information content (AvgIpc) is 3.43. The maximum absolute atomic E-state index is 12.4. The standard InChI is InChI=1S/C22H24N4O3S2/c27-19(13-18-21(29)25-22(31-18)26-10-2-1-3-11-26)24-16-8-6-15(7-9-16)20(28)23-14-17-5-4-12-30-17/h4-9,12,18H,1-3,10-11,13-14H2,(H,23,28)(H,24,27)/t18-/m0/s1. The summed E-state index contributed by atoms with van der Waals surface area (Å²) in [5.74, 6) is -0.643. The number of hydrogen-bond donors (Lipinski definition) is 2. The van der Waals surface area contributed by atoms with E-state index in [1.165, 1.54) is 18.2 Å². The van der Waals surface area contributed by atoms with Crippen molar-refractivity contribution in [1.82, 2.24) is 10.2 Å². The largest absolute Gasteiger partial charge is 0.351 e. The molecule has 0 unspecified atom stereocenters. The first kappa shape index (κ1) is 21.6. The number of thioether (sulfide) groups is 1. The van der Waals surface area contributed by atoms with Crippen molar-refractivity contribution in [2.75, 3.05) is 18.4 Å². The van der Waals surface area contributed by atoms with E-state index >= 15 is 0 Å². The quantitative estimate of drug-likeness (QED) is 0.694. The highest BCUT2D eigenvalue weighted by Gasteiger charge is 2.33. The zero-order valence-electron chi connectivity index (χ0n) is 17.0. The summed E-state index contributed by atoms with van der Waals surface area (Å²) in [6.07, 6.45) is 3.51. The van der Waals surface area contributed by atoms with Crippen molar-refractivity contribution in [3.05, 3.63) is 52.2 Å². The molecular formula is C22H24N4O3S2. The molecule has 1 aromatic heterocycles. The van der Waals surface area contributed by atoms with Crippen molar-refractivity contribution in [2.45, 2.75) is 37.5 Å². The first-order valence-electron chi connectivity index (χ1n) is 10.3. The van der Waals surface area contributed by atoms with Crippen molar-refractivity contribution in [3.63, 3.8) is 0 Å². The Morgan fingerprint density at radius 1 is 1.10 bits per heavy atom. The first-order valence-corrected chi connectivity index (χ1v) is 12.1. The van der Waals surface area contributed by atoms with E-state index in [4.69, 9.17) is 0 Å². The van der Waals surface area contributed by atoms with E-state index in [1.807, 2.05) is 17.5 Å². The number of likely N-dealkylation sites (tertiary alicyclic amines) is 1. The van der Waals surface area contributed by atoms with Gasteiger partial charge in [-0.25, -0.2) is 0 Å². The molecule has 0 spiro atoms. The number of amides is 3. The molecule has 31 heavy (non-hydrogen) atoms. The second-order valence-electron chi connectivity index (χ2n) is 7.48. The van der Waals surface area contributed by atoms with E-state index in [1.54, 1.807) is 35.6 Å². The fourth-order valence-corrected chi connectivity index (χ4v) is 5.26. The van der Waals surface area contributed by atoms with Crippen LogP contribution in [0.15, 0.2) is 46.8 Å². The van der Waals surface area contributed by atoms with E-state index in [0.717, 1.165) is 36.0 Å². The lowest BCUT2D eigenvalue weighted by Gasteiger charge is -2.27. The maximum Gasteiger partial charge on any atom is 0.262 e. The molecule has 1 aromatic carbocycles. The van der Waals surface area contributed by atoms with Gasteiger partial charge < -0.3 is 15.5 Å². The molecule has 2 aromatic rings. The number of nitrogens with zero attached hydrogens (tertiary/aromatic N) is 2. The topological polar surface area (TPSA) is 90.9 Å². The number of carbonyl (C=O) groups is 3. The molecule has 2 N–H and O–H groups in total. The molecule has 1 saturated heterocycles. The second kappa shape index (κ2) is 10.1. The van der Waals surface area contributed by atoms with Gasteiger partial charge in [-0.1, -0.05) is 17.8 Å². The van der Waals surface area contributed by atoms with Crippen molar-refractivity contribution in [2.24, 2.45) is 4.99 Å². The molecule has 3 amide bonds. The number of nitrogens with one attached hydrogen (secondary N) is 2. The summed E-state index contributed by atoms with van der Waals surface area (Å²) in [4.78, 5) is 44.3. The van der Waals surface area contributed by atoms with Gasteiger partial charge in [-0.3, -0.25) is 14.4 Å². The molecule has 0 bridgehead atoms. The maximum atomic E-state index is 12.4. The summed E-state index contributed by atoms with van der Waals surface area (Å²) >= 11 is 2.98. The van der Waals surface area contributed by atoms with Gasteiger partial charge in [-0.05, 0) is 55.0 Å². The Labute approximate surface area is 189 Å². The summed E-state index contributed by atoms with van der Waals surface area (Å²) in [5, 5.41) is 7.93. The van der Waals surface area contributed by atoms with Crippen LogP contribution in [-0.2, 0) is 16.1 Å². The van der Waals surface area contributed by atoms with Crippen molar-refractivity contribution < 1.29 is 14.4 Å². The Bertz CT molecular complexity index is 967. The van der Waals surface area contributed by atoms with Gasteiger partial charge in [0.25, 0.3) is 11.8 Å². The number of piperidine rings is 1. The summed E-state index contributed by atoms with van der Waals surface area (Å²) < 4.78 is 0. The van der Waals surface area contributed by atoms with Crippen molar-refractivity contribution in [1.29, 1.82) is 0 Å². The zero-order valence-corrected chi connectivity index (χ0v) is 18.6. The van der Waals surface area contributed by atoms with Crippen LogP contribution in [0.4, 0.5) is 5.69 Å². The Morgan fingerprint density at radius 2 is 1.87 bits per heavy atom. The number of benzene rings is 1. The molecular weight excluding hydrogens is 432 g/mol. The molecule has 4 rings (SSSR count). The minimum absolute atomic E-state index is 0.0768. The Hall–Kier alpha value is -2.65. The number of amidine groups is 1. The normalized spacial score (nSPS) is 18.6. The Morgan fingerprint density at radius 3 is 2.58 bits per heavy atom. The molecule has 0 saturated carbocycles. The van der Waals surface area contributed by atoms with Gasteiger partial charge in [0.15, 0.2) is 5.17 Å². The predicted molar refractivity (Wildman–Crippen MR) is 124 cm³/mol. The first-order chi connectivity index (χ1) is 15.1. The molecule has 162 valence electrons. The fourth-order valence-electron chi connectivity index (χ4n) is 3.50. The molecule has 1 fully saturated rings. The van der Waals surface area contributed by atoms with Crippen LogP contribution in [0.2, 0.25) is 0 Å². The number of hydrogen-bond acceptors (Lipinski definition) is 6. The number of carbonyl (C=O) groups excluding carboxylic acids is 3. The lowest BCUT2D eigenvalue weighted by atomic mass is 10.1. The summed E-state index contributed by atoms with van der Waals surface area (Å²) in [5.41, 5.74) is 1.11. The number of anilines is 1. The van der Waals surface area contributed by atoms with Gasteiger partial charge in [0.1, 0.15) is 5.25 Å². The lowest BCUT2D eigenvalue weighted by Crippen LogP contribution is -2.33. The highest BCUT2D eigenvalue weighted by Crippen LogP contribution is 2.29. The van der Waals surface area contributed by atoms with Gasteiger partial charge in [0, 0.05) is 35.6 Å². The molecule has 9 heteroatoms. The van der Waals surface area contributed by atoms with Crippen molar-refractivity contribution >= 4 is 51.7 Å². The van der Waals surface area contributed by atoms with Gasteiger partial charge in [0.2, 0.25) is 5.91 Å². The predicted octanol–water partition coefficient (Wildman–Crippen LogP) is 3.49. The van der Waals surface area contributed by atoms with E-state index in [0.29, 0.717) is 17.8 Å². The van der Waals surface area contributed by atoms with Crippen LogP contribution in [-0.4, -0.2) is 46.1 Å². The third-order valence-corrected chi connectivity index (χ3v) is 7.25.